The number of alkyl halides is 20. The highest BCUT2D eigenvalue weighted by Crippen LogP contribution is 2.36. The molecule has 0 aliphatic rings. The smallest absolute Gasteiger partial charge is 0.452 e. The molecule has 0 aromatic rings. The van der Waals surface area contributed by atoms with Crippen molar-refractivity contribution in [2.45, 2.75) is 48.4 Å². The van der Waals surface area contributed by atoms with Crippen LogP contribution in [0.5, 0.6) is 0 Å². The molecule has 0 saturated carbocycles. The van der Waals surface area contributed by atoms with Gasteiger partial charge in [0.25, 0.3) is 0 Å². The van der Waals surface area contributed by atoms with E-state index in [2.05, 4.69) is 18.9 Å². The summed E-state index contributed by atoms with van der Waals surface area (Å²) in [7, 11) is 0. The fraction of sp³-hybridized carbons (Fsp3) is 0.700. The highest BCUT2D eigenvalue weighted by molar-refractivity contribution is 5.76. The second-order valence-corrected chi connectivity index (χ2v) is 7.78. The summed E-state index contributed by atoms with van der Waals surface area (Å²) in [6, 6.07) is 0. The van der Waals surface area contributed by atoms with Gasteiger partial charge in [0.05, 0.1) is 0 Å². The van der Waals surface area contributed by atoms with Crippen LogP contribution in [0.2, 0.25) is 0 Å². The molecule has 50 heavy (non-hydrogen) atoms. The quantitative estimate of drug-likeness (QED) is 0.145. The summed E-state index contributed by atoms with van der Waals surface area (Å²) in [6.45, 7) is -11.5. The minimum absolute atomic E-state index is 0.984. The van der Waals surface area contributed by atoms with Gasteiger partial charge >= 0.3 is 72.3 Å². The number of aliphatic hydroxyl groups is 2. The van der Waals surface area contributed by atoms with E-state index in [1.54, 1.807) is 11.8 Å². The molecule has 0 aliphatic heterocycles. The van der Waals surface area contributed by atoms with Crippen LogP contribution in [-0.2, 0) is 38.1 Å². The van der Waals surface area contributed by atoms with Crippen LogP contribution in [0.3, 0.4) is 0 Å². The van der Waals surface area contributed by atoms with Gasteiger partial charge in [-0.2, -0.15) is 87.8 Å². The standard InChI is InChI=1S/C8H4F10O4.C8H4F6O4.C4H6F4O2/c9-5(10,1-21-3(19)7(13,14)15)6(11,12)2-22-4(20)8(16,17)18;9-7(10,11)5(15)17-3-1-2-4-18-6(16)8(12,13)14;5-3(6,1-9)4(7,8)2-10/h1-2H2;3-4H2;9-10H,1-2H2. The van der Waals surface area contributed by atoms with Crippen molar-refractivity contribution in [3.63, 3.8) is 0 Å². The Morgan fingerprint density at radius 3 is 0.760 bits per heavy atom. The lowest BCUT2D eigenvalue weighted by Gasteiger charge is -2.25. The third kappa shape index (κ3) is 19.2. The summed E-state index contributed by atoms with van der Waals surface area (Å²) in [4.78, 5) is 40.3. The molecular weight excluding hydrogens is 780 g/mol. The predicted molar refractivity (Wildman–Crippen MR) is 110 cm³/mol. The zero-order valence-corrected chi connectivity index (χ0v) is 23.0. The van der Waals surface area contributed by atoms with Gasteiger partial charge in [-0.1, -0.05) is 11.8 Å². The highest BCUT2D eigenvalue weighted by Gasteiger charge is 2.60. The van der Waals surface area contributed by atoms with Gasteiger partial charge in [-0.05, 0) is 0 Å². The van der Waals surface area contributed by atoms with Crippen LogP contribution in [0.15, 0.2) is 0 Å². The molecule has 0 fully saturated rings. The summed E-state index contributed by atoms with van der Waals surface area (Å²) in [5.74, 6) is -28.0. The van der Waals surface area contributed by atoms with Crippen LogP contribution < -0.4 is 0 Å². The average Bonchev–Trinajstić information content (AvgIpc) is 2.94. The van der Waals surface area contributed by atoms with Crippen molar-refractivity contribution in [1.82, 2.24) is 0 Å². The number of hydrogen-bond donors (Lipinski definition) is 2. The van der Waals surface area contributed by atoms with E-state index in [1.807, 2.05) is 0 Å². The zero-order chi connectivity index (χ0) is 40.8. The van der Waals surface area contributed by atoms with Crippen molar-refractivity contribution in [3.8, 4) is 11.8 Å². The number of hydrogen-bond acceptors (Lipinski definition) is 10. The van der Waals surface area contributed by atoms with E-state index in [0.29, 0.717) is 0 Å². The molecule has 0 radical (unpaired) electrons. The molecular formula is C20H14F20O10. The maximum atomic E-state index is 12.8. The Balaban J connectivity index is -0.000000708. The number of aliphatic hydroxyl groups excluding tert-OH is 2. The predicted octanol–water partition coefficient (Wildman–Crippen LogP) is 3.91. The van der Waals surface area contributed by atoms with Crippen molar-refractivity contribution >= 4 is 23.9 Å². The number of esters is 4. The molecule has 0 rings (SSSR count). The van der Waals surface area contributed by atoms with Gasteiger partial charge in [-0.3, -0.25) is 0 Å². The van der Waals surface area contributed by atoms with E-state index in [0.717, 1.165) is 0 Å². The minimum atomic E-state index is -5.74. The van der Waals surface area contributed by atoms with E-state index >= 15 is 0 Å². The molecule has 30 heteroatoms. The lowest BCUT2D eigenvalue weighted by molar-refractivity contribution is -0.261. The molecule has 0 spiro atoms. The van der Waals surface area contributed by atoms with Gasteiger partial charge < -0.3 is 29.2 Å². The summed E-state index contributed by atoms with van der Waals surface area (Å²) < 4.78 is 250. The second-order valence-electron chi connectivity index (χ2n) is 7.78. The third-order valence-corrected chi connectivity index (χ3v) is 3.84. The van der Waals surface area contributed by atoms with Gasteiger partial charge in [0, 0.05) is 0 Å². The first-order valence-corrected chi connectivity index (χ1v) is 11.1. The minimum Gasteiger partial charge on any atom is -0.452 e. The lowest BCUT2D eigenvalue weighted by Crippen LogP contribution is -2.49. The van der Waals surface area contributed by atoms with Crippen LogP contribution >= 0.6 is 0 Å². The number of halogens is 20. The number of rotatable bonds is 10. The fourth-order valence-electron chi connectivity index (χ4n) is 1.39. The highest BCUT2D eigenvalue weighted by atomic mass is 19.4. The largest absolute Gasteiger partial charge is 0.490 e. The van der Waals surface area contributed by atoms with Crippen LogP contribution in [0.4, 0.5) is 87.8 Å². The van der Waals surface area contributed by atoms with Crippen LogP contribution in [0.1, 0.15) is 0 Å². The Kier molecular flexibility index (Phi) is 18.9. The average molecular weight is 794 g/mol. The molecule has 0 atom stereocenters. The molecule has 0 aliphatic carbocycles. The maximum Gasteiger partial charge on any atom is 0.490 e. The Bertz CT molecular complexity index is 1090. The summed E-state index contributed by atoms with van der Waals surface area (Å²) in [5.41, 5.74) is 0. The van der Waals surface area contributed by atoms with Gasteiger partial charge in [0.2, 0.25) is 0 Å². The first kappa shape index (κ1) is 50.3. The summed E-state index contributed by atoms with van der Waals surface area (Å²) >= 11 is 0. The molecule has 294 valence electrons. The van der Waals surface area contributed by atoms with E-state index in [1.165, 1.54) is 0 Å². The topological polar surface area (TPSA) is 146 Å². The molecule has 0 aromatic heterocycles. The van der Waals surface area contributed by atoms with Gasteiger partial charge in [-0.15, -0.1) is 0 Å². The number of ether oxygens (including phenoxy) is 4. The van der Waals surface area contributed by atoms with E-state index < -0.39 is 112 Å². The zero-order valence-electron chi connectivity index (χ0n) is 23.0. The molecule has 0 unspecified atom stereocenters. The lowest BCUT2D eigenvalue weighted by atomic mass is 10.2. The van der Waals surface area contributed by atoms with Crippen molar-refractivity contribution in [1.29, 1.82) is 0 Å². The first-order valence-electron chi connectivity index (χ1n) is 11.1. The molecule has 10 nitrogen and oxygen atoms in total. The second kappa shape index (κ2) is 18.8. The Labute approximate surface area is 261 Å². The molecule has 0 aromatic carbocycles. The third-order valence-electron chi connectivity index (χ3n) is 3.84. The van der Waals surface area contributed by atoms with Crippen LogP contribution in [-0.4, -0.2) is 122 Å². The maximum absolute atomic E-state index is 12.8. The summed E-state index contributed by atoms with van der Waals surface area (Å²) in [6.07, 6.45) is -21.8. The monoisotopic (exact) mass is 794 g/mol. The molecule has 2 N–H and O–H groups in total. The van der Waals surface area contributed by atoms with E-state index in [9.17, 15) is 107 Å². The van der Waals surface area contributed by atoms with Crippen molar-refractivity contribution in [3.05, 3.63) is 0 Å². The van der Waals surface area contributed by atoms with E-state index in [4.69, 9.17) is 10.2 Å². The normalized spacial score (nSPS) is 12.8. The van der Waals surface area contributed by atoms with Crippen molar-refractivity contribution < 1.29 is 136 Å². The van der Waals surface area contributed by atoms with E-state index in [-0.39, 0.29) is 0 Å². The Morgan fingerprint density at radius 2 is 0.580 bits per heavy atom. The summed E-state index contributed by atoms with van der Waals surface area (Å²) in [5, 5.41) is 15.4. The first-order chi connectivity index (χ1) is 21.9. The van der Waals surface area contributed by atoms with Gasteiger partial charge in [0.15, 0.2) is 26.4 Å². The van der Waals surface area contributed by atoms with Gasteiger partial charge in [0.1, 0.15) is 13.2 Å². The van der Waals surface area contributed by atoms with Gasteiger partial charge in [-0.25, -0.2) is 19.2 Å². The fourth-order valence-corrected chi connectivity index (χ4v) is 1.39. The molecule has 0 amide bonds. The van der Waals surface area contributed by atoms with Crippen molar-refractivity contribution in [2.75, 3.05) is 39.6 Å². The Morgan fingerprint density at radius 1 is 0.380 bits per heavy atom. The number of carbonyl (C=O) groups is 4. The molecule has 0 heterocycles. The number of carbonyl (C=O) groups excluding carboxylic acids is 4. The Hall–Kier alpha value is -4.04. The van der Waals surface area contributed by atoms with Crippen LogP contribution in [0.25, 0.3) is 0 Å². The SMILES string of the molecule is O=C(OCC#CCOC(=O)C(F)(F)F)C(F)(F)F.O=C(OCC(F)(F)C(F)(F)COC(=O)C(F)(F)F)C(F)(F)F.OCC(F)(F)C(F)(F)CO. The molecule has 0 bridgehead atoms. The van der Waals surface area contributed by atoms with Crippen LogP contribution in [0, 0.1) is 11.8 Å². The molecule has 0 saturated heterocycles. The van der Waals surface area contributed by atoms with Crippen molar-refractivity contribution in [2.24, 2.45) is 0 Å².